The number of Topliss-reactive ketones (excluding diaryl/α,β-unsaturated/α-hetero) is 1. The van der Waals surface area contributed by atoms with Gasteiger partial charge in [0.1, 0.15) is 5.75 Å². The summed E-state index contributed by atoms with van der Waals surface area (Å²) in [6.07, 6.45) is 0. The second kappa shape index (κ2) is 3.98. The van der Waals surface area contributed by atoms with Crippen LogP contribution in [0.5, 0.6) is 5.75 Å². The van der Waals surface area contributed by atoms with Crippen molar-refractivity contribution in [2.24, 2.45) is 0 Å². The highest BCUT2D eigenvalue weighted by Gasteiger charge is 2.20. The Hall–Kier alpha value is -2.09. The van der Waals surface area contributed by atoms with E-state index in [1.807, 2.05) is 44.2 Å². The lowest BCUT2D eigenvalue weighted by Crippen LogP contribution is -2.09. The maximum atomic E-state index is 12.1. The molecule has 0 fully saturated rings. The van der Waals surface area contributed by atoms with Crippen LogP contribution in [0.3, 0.4) is 0 Å². The number of carbonyl (C=O) groups excluding carboxylic acids is 1. The molecule has 0 radical (unpaired) electrons. The van der Waals surface area contributed by atoms with Crippen molar-refractivity contribution >= 4 is 5.78 Å². The summed E-state index contributed by atoms with van der Waals surface area (Å²) in [5, 5.41) is 0. The van der Waals surface area contributed by atoms with E-state index in [0.29, 0.717) is 0 Å². The Morgan fingerprint density at radius 2 is 1.56 bits per heavy atom. The summed E-state index contributed by atoms with van der Waals surface area (Å²) in [6.45, 7) is 4.16. The van der Waals surface area contributed by atoms with Crippen molar-refractivity contribution in [2.75, 3.05) is 6.61 Å². The van der Waals surface area contributed by atoms with Crippen LogP contribution in [0.2, 0.25) is 0 Å². The number of hydrogen-bond acceptors (Lipinski definition) is 2. The molecule has 1 aliphatic rings. The minimum absolute atomic E-state index is 0.0440. The Kier molecular flexibility index (Phi) is 2.44. The number of benzene rings is 2. The van der Waals surface area contributed by atoms with Gasteiger partial charge in [-0.25, -0.2) is 0 Å². The summed E-state index contributed by atoms with van der Waals surface area (Å²) in [5.41, 5.74) is 5.01. The molecule has 18 heavy (non-hydrogen) atoms. The quantitative estimate of drug-likeness (QED) is 0.701. The van der Waals surface area contributed by atoms with Gasteiger partial charge in [0.05, 0.1) is 0 Å². The fourth-order valence-corrected chi connectivity index (χ4v) is 2.32. The molecule has 0 amide bonds. The molecule has 2 aromatic rings. The number of ketones is 1. The van der Waals surface area contributed by atoms with Gasteiger partial charge in [-0.15, -0.1) is 0 Å². The average Bonchev–Trinajstić information content (AvgIpc) is 2.48. The largest absolute Gasteiger partial charge is 0.485 e. The van der Waals surface area contributed by atoms with E-state index in [4.69, 9.17) is 4.74 Å². The molecule has 0 saturated heterocycles. The molecule has 0 aliphatic carbocycles. The summed E-state index contributed by atoms with van der Waals surface area (Å²) < 4.78 is 5.59. The van der Waals surface area contributed by atoms with Crippen LogP contribution < -0.4 is 4.74 Å². The van der Waals surface area contributed by atoms with E-state index in [1.54, 1.807) is 0 Å². The summed E-state index contributed by atoms with van der Waals surface area (Å²) >= 11 is 0. The van der Waals surface area contributed by atoms with Crippen molar-refractivity contribution in [3.05, 3.63) is 53.1 Å². The highest BCUT2D eigenvalue weighted by Crippen LogP contribution is 2.36. The van der Waals surface area contributed by atoms with E-state index in [9.17, 15) is 4.79 Å². The van der Waals surface area contributed by atoms with Crippen LogP contribution >= 0.6 is 0 Å². The van der Waals surface area contributed by atoms with Gasteiger partial charge >= 0.3 is 0 Å². The molecular formula is C16H14O2. The van der Waals surface area contributed by atoms with Crippen LogP contribution in [0.4, 0.5) is 0 Å². The van der Waals surface area contributed by atoms with E-state index in [-0.39, 0.29) is 12.4 Å². The van der Waals surface area contributed by atoms with Crippen molar-refractivity contribution in [1.29, 1.82) is 0 Å². The van der Waals surface area contributed by atoms with Crippen LogP contribution in [0.15, 0.2) is 36.4 Å². The van der Waals surface area contributed by atoms with Crippen LogP contribution in [0.1, 0.15) is 21.5 Å². The Labute approximate surface area is 106 Å². The third kappa shape index (κ3) is 1.70. The predicted molar refractivity (Wildman–Crippen MR) is 71.2 cm³/mol. The van der Waals surface area contributed by atoms with Gasteiger partial charge in [0.2, 0.25) is 5.78 Å². The van der Waals surface area contributed by atoms with Gasteiger partial charge in [-0.3, -0.25) is 4.79 Å². The van der Waals surface area contributed by atoms with Crippen molar-refractivity contribution in [1.82, 2.24) is 0 Å². The third-order valence-electron chi connectivity index (χ3n) is 3.26. The monoisotopic (exact) mass is 238 g/mol. The van der Waals surface area contributed by atoms with Crippen LogP contribution in [0.25, 0.3) is 11.1 Å². The number of rotatable bonds is 0. The molecule has 0 aromatic heterocycles. The zero-order valence-corrected chi connectivity index (χ0v) is 10.5. The number of aryl methyl sites for hydroxylation is 2. The first-order valence-corrected chi connectivity index (χ1v) is 6.03. The molecule has 3 rings (SSSR count). The highest BCUT2D eigenvalue weighted by molar-refractivity contribution is 6.05. The molecule has 2 aromatic carbocycles. The van der Waals surface area contributed by atoms with Crippen LogP contribution in [0, 0.1) is 13.8 Å². The van der Waals surface area contributed by atoms with Gasteiger partial charge in [0, 0.05) is 11.1 Å². The maximum absolute atomic E-state index is 12.1. The summed E-state index contributed by atoms with van der Waals surface area (Å²) in [5.74, 6) is 0.833. The first kappa shape index (κ1) is 11.0. The first-order chi connectivity index (χ1) is 8.65. The Morgan fingerprint density at radius 3 is 2.33 bits per heavy atom. The second-order valence-electron chi connectivity index (χ2n) is 4.76. The lowest BCUT2D eigenvalue weighted by molar-refractivity contribution is 0.0925. The smallest absolute Gasteiger partial charge is 0.200 e. The molecule has 0 bridgehead atoms. The zero-order chi connectivity index (χ0) is 12.7. The molecule has 1 heterocycles. The normalized spacial score (nSPS) is 13.3. The minimum atomic E-state index is 0.0440. The summed E-state index contributed by atoms with van der Waals surface area (Å²) in [4.78, 5) is 12.1. The van der Waals surface area contributed by atoms with Crippen LogP contribution in [-0.4, -0.2) is 12.4 Å². The Balaban J connectivity index is 2.32. The Morgan fingerprint density at radius 1 is 0.889 bits per heavy atom. The number of carbonyl (C=O) groups is 1. The number of fused-ring (bicyclic) bond motifs is 3. The molecule has 0 unspecified atom stereocenters. The van der Waals surface area contributed by atoms with Gasteiger partial charge in [-0.1, -0.05) is 29.3 Å². The summed E-state index contributed by atoms with van der Waals surface area (Å²) in [7, 11) is 0. The average molecular weight is 238 g/mol. The molecule has 90 valence electrons. The number of ether oxygens (including phenoxy) is 1. The van der Waals surface area contributed by atoms with Gasteiger partial charge in [0.25, 0.3) is 0 Å². The van der Waals surface area contributed by atoms with Crippen LogP contribution in [-0.2, 0) is 0 Å². The van der Waals surface area contributed by atoms with Gasteiger partial charge in [-0.2, -0.15) is 0 Å². The van der Waals surface area contributed by atoms with E-state index in [0.717, 1.165) is 28.0 Å². The number of hydrogen-bond donors (Lipinski definition) is 0. The Bertz CT molecular complexity index is 642. The summed E-state index contributed by atoms with van der Waals surface area (Å²) in [6, 6.07) is 12.0. The van der Waals surface area contributed by atoms with Gasteiger partial charge in [-0.05, 0) is 37.6 Å². The molecule has 0 N–H and O–H groups in total. The topological polar surface area (TPSA) is 26.3 Å². The lowest BCUT2D eigenvalue weighted by Gasteiger charge is -2.09. The van der Waals surface area contributed by atoms with Crippen molar-refractivity contribution in [3.8, 4) is 16.9 Å². The lowest BCUT2D eigenvalue weighted by atomic mass is 9.95. The molecular weight excluding hydrogens is 224 g/mol. The van der Waals surface area contributed by atoms with Crippen molar-refractivity contribution < 1.29 is 9.53 Å². The molecule has 0 saturated carbocycles. The zero-order valence-electron chi connectivity index (χ0n) is 10.5. The van der Waals surface area contributed by atoms with E-state index >= 15 is 0 Å². The van der Waals surface area contributed by atoms with Crippen molar-refractivity contribution in [2.45, 2.75) is 13.8 Å². The van der Waals surface area contributed by atoms with E-state index in [2.05, 4.69) is 6.07 Å². The van der Waals surface area contributed by atoms with E-state index < -0.39 is 0 Å². The minimum Gasteiger partial charge on any atom is -0.485 e. The predicted octanol–water partition coefficient (Wildman–Crippen LogP) is 3.55. The first-order valence-electron chi connectivity index (χ1n) is 6.03. The van der Waals surface area contributed by atoms with Gasteiger partial charge < -0.3 is 4.74 Å². The molecule has 2 heteroatoms. The van der Waals surface area contributed by atoms with Crippen molar-refractivity contribution in [3.63, 3.8) is 0 Å². The standard InChI is InChI=1S/C16H14O2/c1-10-3-5-12-13(7-10)15(17)9-18-16-6-4-11(2)8-14(12)16/h3-8H,9H2,1-2H3. The maximum Gasteiger partial charge on any atom is 0.200 e. The second-order valence-corrected chi connectivity index (χ2v) is 4.76. The fourth-order valence-electron chi connectivity index (χ4n) is 2.32. The highest BCUT2D eigenvalue weighted by atomic mass is 16.5. The van der Waals surface area contributed by atoms with E-state index in [1.165, 1.54) is 5.56 Å². The SMILES string of the molecule is Cc1ccc2c(c1)C(=O)COc1ccc(C)cc1-2. The third-order valence-corrected chi connectivity index (χ3v) is 3.26. The molecule has 2 nitrogen and oxygen atoms in total. The molecule has 1 aliphatic heterocycles. The molecule has 0 atom stereocenters. The molecule has 0 spiro atoms. The fraction of sp³-hybridized carbons (Fsp3) is 0.188. The van der Waals surface area contributed by atoms with Gasteiger partial charge in [0.15, 0.2) is 6.61 Å².